The molecule has 1 aliphatic carbocycles. The Balaban J connectivity index is 1.60. The molecular weight excluding hydrogens is 312 g/mol. The molecule has 5 heteroatoms. The number of benzene rings is 1. The Kier molecular flexibility index (Phi) is 2.46. The predicted octanol–water partition coefficient (Wildman–Crippen LogP) is 1.82. The van der Waals surface area contributed by atoms with Crippen molar-refractivity contribution in [3.05, 3.63) is 34.3 Å². The molecule has 1 aromatic carbocycles. The molecule has 19 heavy (non-hydrogen) atoms. The molecule has 4 nitrogen and oxygen atoms in total. The number of halogens is 1. The minimum Gasteiger partial charge on any atom is -0.343 e. The molecule has 1 saturated carbocycles. The number of ketones is 2. The highest BCUT2D eigenvalue weighted by molar-refractivity contribution is 9.10. The second-order valence-corrected chi connectivity index (χ2v) is 6.16. The summed E-state index contributed by atoms with van der Waals surface area (Å²) in [5, 5.41) is 0. The zero-order valence-electron chi connectivity index (χ0n) is 9.91. The third-order valence-electron chi connectivity index (χ3n) is 4.21. The topological polar surface area (TPSA) is 52.6 Å². The van der Waals surface area contributed by atoms with E-state index in [2.05, 4.69) is 15.9 Å². The van der Waals surface area contributed by atoms with Crippen LogP contribution in [0.25, 0.3) is 0 Å². The Morgan fingerprint density at radius 2 is 2.00 bits per heavy atom. The van der Waals surface area contributed by atoms with Crippen LogP contribution in [-0.2, 0) is 14.3 Å². The van der Waals surface area contributed by atoms with Crippen LogP contribution < -0.4 is 0 Å². The van der Waals surface area contributed by atoms with Gasteiger partial charge in [0, 0.05) is 27.8 Å². The summed E-state index contributed by atoms with van der Waals surface area (Å²) in [5.41, 5.74) is 0.659. The molecule has 0 radical (unpaired) electrons. The van der Waals surface area contributed by atoms with Crippen LogP contribution in [0.15, 0.2) is 28.7 Å². The molecule has 0 amide bonds. The lowest BCUT2D eigenvalue weighted by molar-refractivity contribution is -0.153. The van der Waals surface area contributed by atoms with Gasteiger partial charge >= 0.3 is 0 Å². The molecule has 5 atom stereocenters. The zero-order valence-corrected chi connectivity index (χ0v) is 11.5. The molecule has 0 N–H and O–H groups in total. The fourth-order valence-electron chi connectivity index (χ4n) is 3.24. The first-order chi connectivity index (χ1) is 9.16. The van der Waals surface area contributed by atoms with Gasteiger partial charge in [-0.3, -0.25) is 9.59 Å². The first-order valence-corrected chi connectivity index (χ1v) is 7.06. The molecule has 2 saturated heterocycles. The van der Waals surface area contributed by atoms with E-state index in [4.69, 9.17) is 9.47 Å². The van der Waals surface area contributed by atoms with Crippen molar-refractivity contribution in [2.24, 2.45) is 17.8 Å². The van der Waals surface area contributed by atoms with Gasteiger partial charge in [-0.25, -0.2) is 0 Å². The second-order valence-electron chi connectivity index (χ2n) is 5.24. The fourth-order valence-corrected chi connectivity index (χ4v) is 3.50. The van der Waals surface area contributed by atoms with Crippen molar-refractivity contribution >= 4 is 27.5 Å². The van der Waals surface area contributed by atoms with Gasteiger partial charge in [-0.2, -0.15) is 0 Å². The van der Waals surface area contributed by atoms with Gasteiger partial charge in [-0.05, 0) is 12.1 Å². The van der Waals surface area contributed by atoms with E-state index in [-0.39, 0.29) is 35.4 Å². The van der Waals surface area contributed by atoms with E-state index in [1.807, 2.05) is 12.1 Å². The normalized spacial score (nSPS) is 39.0. The summed E-state index contributed by atoms with van der Waals surface area (Å²) in [6, 6.07) is 7.26. The van der Waals surface area contributed by atoms with E-state index in [9.17, 15) is 9.59 Å². The van der Waals surface area contributed by atoms with Crippen LogP contribution >= 0.6 is 15.9 Å². The first-order valence-electron chi connectivity index (χ1n) is 6.27. The smallest absolute Gasteiger partial charge is 0.218 e. The third kappa shape index (κ3) is 1.65. The van der Waals surface area contributed by atoms with Gasteiger partial charge in [0.1, 0.15) is 0 Å². The van der Waals surface area contributed by atoms with Crippen LogP contribution in [0.4, 0.5) is 0 Å². The molecule has 2 aliphatic heterocycles. The van der Waals surface area contributed by atoms with Crippen molar-refractivity contribution in [2.45, 2.75) is 12.4 Å². The maximum Gasteiger partial charge on any atom is 0.218 e. The van der Waals surface area contributed by atoms with Crippen molar-refractivity contribution in [2.75, 3.05) is 6.61 Å². The molecule has 3 fully saturated rings. The Bertz CT molecular complexity index is 567. The molecule has 2 heterocycles. The Hall–Kier alpha value is -1.04. The molecular formula is C14H11BrO4. The Morgan fingerprint density at radius 1 is 1.26 bits per heavy atom. The van der Waals surface area contributed by atoms with Crippen molar-refractivity contribution in [3.8, 4) is 0 Å². The minimum atomic E-state index is -0.728. The number of Topliss-reactive ketones (excluding diaryl/α,β-unsaturated/α-hetero) is 2. The standard InChI is InChI=1S/C14H11BrO4/c15-7-3-1-6(2-4-7)12(16)10-9-8-5-18-14(19-8)13(17)11(9)10/h1-4,8-11,14H,5H2/t8-,9+,10+,11+,14-/m1/s1. The number of carbonyl (C=O) groups is 2. The van der Waals surface area contributed by atoms with E-state index < -0.39 is 6.29 Å². The van der Waals surface area contributed by atoms with Gasteiger partial charge in [0.05, 0.1) is 12.7 Å². The lowest BCUT2D eigenvalue weighted by Crippen LogP contribution is -2.30. The Morgan fingerprint density at radius 3 is 2.74 bits per heavy atom. The van der Waals surface area contributed by atoms with Crippen molar-refractivity contribution in [1.29, 1.82) is 0 Å². The van der Waals surface area contributed by atoms with Crippen molar-refractivity contribution < 1.29 is 19.1 Å². The first kappa shape index (κ1) is 11.8. The predicted molar refractivity (Wildman–Crippen MR) is 68.6 cm³/mol. The quantitative estimate of drug-likeness (QED) is 0.779. The molecule has 0 unspecified atom stereocenters. The van der Waals surface area contributed by atoms with Crippen LogP contribution in [0.2, 0.25) is 0 Å². The molecule has 3 aliphatic rings. The summed E-state index contributed by atoms with van der Waals surface area (Å²) >= 11 is 3.34. The van der Waals surface area contributed by atoms with Gasteiger partial charge in [-0.15, -0.1) is 0 Å². The summed E-state index contributed by atoms with van der Waals surface area (Å²) in [6.07, 6.45) is -0.814. The molecule has 2 bridgehead atoms. The summed E-state index contributed by atoms with van der Waals surface area (Å²) in [5.74, 6) is -0.404. The molecule has 0 aromatic heterocycles. The monoisotopic (exact) mass is 322 g/mol. The van der Waals surface area contributed by atoms with Crippen LogP contribution in [0.1, 0.15) is 10.4 Å². The highest BCUT2D eigenvalue weighted by Gasteiger charge is 2.68. The second kappa shape index (κ2) is 3.98. The van der Waals surface area contributed by atoms with Gasteiger partial charge in [-0.1, -0.05) is 28.1 Å². The fraction of sp³-hybridized carbons (Fsp3) is 0.429. The van der Waals surface area contributed by atoms with E-state index in [0.29, 0.717) is 12.2 Å². The minimum absolute atomic E-state index is 0.0161. The molecule has 1 aromatic rings. The lowest BCUT2D eigenvalue weighted by Gasteiger charge is -2.14. The summed E-state index contributed by atoms with van der Waals surface area (Å²) in [4.78, 5) is 24.5. The number of fused-ring (bicyclic) bond motifs is 4. The van der Waals surface area contributed by atoms with Gasteiger partial charge in [0.15, 0.2) is 11.6 Å². The number of carbonyl (C=O) groups excluding carboxylic acids is 2. The summed E-state index contributed by atoms with van der Waals surface area (Å²) in [6.45, 7) is 0.432. The average molecular weight is 323 g/mol. The lowest BCUT2D eigenvalue weighted by atomic mass is 10.0. The van der Waals surface area contributed by atoms with Crippen LogP contribution in [0, 0.1) is 17.8 Å². The zero-order chi connectivity index (χ0) is 13.1. The largest absolute Gasteiger partial charge is 0.343 e. The third-order valence-corrected chi connectivity index (χ3v) is 4.74. The summed E-state index contributed by atoms with van der Waals surface area (Å²) in [7, 11) is 0. The molecule has 98 valence electrons. The number of ether oxygens (including phenoxy) is 2. The Labute approximate surface area is 118 Å². The van der Waals surface area contributed by atoms with E-state index in [1.165, 1.54) is 0 Å². The van der Waals surface area contributed by atoms with Gasteiger partial charge in [0.25, 0.3) is 0 Å². The maximum atomic E-state index is 12.4. The number of hydrogen-bond donors (Lipinski definition) is 0. The van der Waals surface area contributed by atoms with Crippen LogP contribution in [0.5, 0.6) is 0 Å². The number of hydrogen-bond acceptors (Lipinski definition) is 4. The molecule has 4 rings (SSSR count). The van der Waals surface area contributed by atoms with Crippen molar-refractivity contribution in [1.82, 2.24) is 0 Å². The van der Waals surface area contributed by atoms with E-state index >= 15 is 0 Å². The molecule has 0 spiro atoms. The van der Waals surface area contributed by atoms with E-state index in [0.717, 1.165) is 4.47 Å². The van der Waals surface area contributed by atoms with Crippen LogP contribution in [-0.4, -0.2) is 30.6 Å². The number of rotatable bonds is 2. The maximum absolute atomic E-state index is 12.4. The highest BCUT2D eigenvalue weighted by atomic mass is 79.9. The van der Waals surface area contributed by atoms with E-state index in [1.54, 1.807) is 12.1 Å². The highest BCUT2D eigenvalue weighted by Crippen LogP contribution is 2.57. The van der Waals surface area contributed by atoms with Crippen LogP contribution in [0.3, 0.4) is 0 Å². The average Bonchev–Trinajstić information content (AvgIpc) is 3.02. The SMILES string of the molecule is O=C(c1ccc(Br)cc1)[C@@H]1[C@H]2C(=O)[C@@H]3OC[C@@H](O3)[C@@H]12. The van der Waals surface area contributed by atoms with Gasteiger partial charge < -0.3 is 9.47 Å². The van der Waals surface area contributed by atoms with Gasteiger partial charge in [0.2, 0.25) is 6.29 Å². The van der Waals surface area contributed by atoms with Crippen molar-refractivity contribution in [3.63, 3.8) is 0 Å². The summed E-state index contributed by atoms with van der Waals surface area (Å²) < 4.78 is 11.7.